The molecule has 1 heterocycles. The molecule has 13 heavy (non-hydrogen) atoms. The largest absolute Gasteiger partial charge is 0.393 e. The lowest BCUT2D eigenvalue weighted by molar-refractivity contribution is -0.0422. The Bertz CT molecular complexity index is 165. The van der Waals surface area contributed by atoms with Crippen LogP contribution in [-0.2, 0) is 0 Å². The van der Waals surface area contributed by atoms with Crippen molar-refractivity contribution in [1.82, 2.24) is 4.90 Å². The van der Waals surface area contributed by atoms with Gasteiger partial charge in [0.05, 0.1) is 6.10 Å². The third-order valence-electron chi connectivity index (χ3n) is 3.95. The number of likely N-dealkylation sites (tertiary alicyclic amines) is 1. The van der Waals surface area contributed by atoms with Crippen LogP contribution in [0.3, 0.4) is 0 Å². The predicted molar refractivity (Wildman–Crippen MR) is 55.8 cm³/mol. The lowest BCUT2D eigenvalue weighted by Gasteiger charge is -2.50. The first-order valence-corrected chi connectivity index (χ1v) is 5.46. The van der Waals surface area contributed by atoms with E-state index in [-0.39, 0.29) is 11.6 Å². The highest BCUT2D eigenvalue weighted by atomic mass is 16.3. The fourth-order valence-corrected chi connectivity index (χ4v) is 2.72. The van der Waals surface area contributed by atoms with Gasteiger partial charge in [-0.05, 0) is 39.7 Å². The SMILES string of the molecule is CCC1(CC)CC(O)CC(C)N1C. The van der Waals surface area contributed by atoms with E-state index in [1.54, 1.807) is 0 Å². The first-order chi connectivity index (χ1) is 6.05. The van der Waals surface area contributed by atoms with Crippen molar-refractivity contribution >= 4 is 0 Å². The number of hydrogen-bond acceptors (Lipinski definition) is 2. The summed E-state index contributed by atoms with van der Waals surface area (Å²) >= 11 is 0. The molecule has 0 saturated carbocycles. The number of rotatable bonds is 2. The van der Waals surface area contributed by atoms with Gasteiger partial charge in [0, 0.05) is 11.6 Å². The minimum absolute atomic E-state index is 0.0916. The van der Waals surface area contributed by atoms with Crippen molar-refractivity contribution in [2.45, 2.75) is 64.1 Å². The zero-order valence-corrected chi connectivity index (χ0v) is 9.38. The average Bonchev–Trinajstić information content (AvgIpc) is 2.11. The summed E-state index contributed by atoms with van der Waals surface area (Å²) in [6, 6.07) is 0.517. The van der Waals surface area contributed by atoms with Crippen molar-refractivity contribution in [2.24, 2.45) is 0 Å². The molecule has 0 aromatic heterocycles. The molecule has 78 valence electrons. The number of aliphatic hydroxyl groups is 1. The predicted octanol–water partition coefficient (Wildman–Crippen LogP) is 2.02. The minimum Gasteiger partial charge on any atom is -0.393 e. The van der Waals surface area contributed by atoms with Crippen molar-refractivity contribution in [3.63, 3.8) is 0 Å². The maximum Gasteiger partial charge on any atom is 0.0572 e. The van der Waals surface area contributed by atoms with E-state index in [2.05, 4.69) is 32.7 Å². The van der Waals surface area contributed by atoms with Crippen LogP contribution in [0.25, 0.3) is 0 Å². The molecule has 1 fully saturated rings. The summed E-state index contributed by atoms with van der Waals surface area (Å²) in [5.74, 6) is 0. The Kier molecular flexibility index (Phi) is 3.36. The molecule has 0 aromatic carbocycles. The van der Waals surface area contributed by atoms with E-state index in [1.165, 1.54) is 0 Å². The molecule has 1 aliphatic heterocycles. The quantitative estimate of drug-likeness (QED) is 0.711. The Hall–Kier alpha value is -0.0800. The molecule has 1 aliphatic rings. The van der Waals surface area contributed by atoms with Gasteiger partial charge in [0.1, 0.15) is 0 Å². The van der Waals surface area contributed by atoms with Gasteiger partial charge in [-0.1, -0.05) is 13.8 Å². The van der Waals surface area contributed by atoms with Crippen LogP contribution in [-0.4, -0.2) is 34.7 Å². The second-order valence-electron chi connectivity index (χ2n) is 4.49. The Balaban J connectivity index is 2.80. The average molecular weight is 185 g/mol. The van der Waals surface area contributed by atoms with Crippen LogP contribution in [0, 0.1) is 0 Å². The Morgan fingerprint density at radius 1 is 1.38 bits per heavy atom. The van der Waals surface area contributed by atoms with Crippen molar-refractivity contribution in [1.29, 1.82) is 0 Å². The summed E-state index contributed by atoms with van der Waals surface area (Å²) in [5.41, 5.74) is 0.247. The molecule has 2 heteroatoms. The van der Waals surface area contributed by atoms with Gasteiger partial charge in [-0.3, -0.25) is 4.90 Å². The number of aliphatic hydroxyl groups excluding tert-OH is 1. The zero-order chi connectivity index (χ0) is 10.1. The van der Waals surface area contributed by atoms with Crippen LogP contribution in [0.4, 0.5) is 0 Å². The standard InChI is InChI=1S/C11H23NO/c1-5-11(6-2)8-10(13)7-9(3)12(11)4/h9-10,13H,5-8H2,1-4H3. The van der Waals surface area contributed by atoms with E-state index in [4.69, 9.17) is 0 Å². The summed E-state index contributed by atoms with van der Waals surface area (Å²) in [4.78, 5) is 2.46. The minimum atomic E-state index is -0.0916. The summed E-state index contributed by atoms with van der Waals surface area (Å²) in [7, 11) is 2.20. The molecule has 0 bridgehead atoms. The number of nitrogens with zero attached hydrogens (tertiary/aromatic N) is 1. The van der Waals surface area contributed by atoms with E-state index >= 15 is 0 Å². The Labute approximate surface area is 81.9 Å². The van der Waals surface area contributed by atoms with Gasteiger partial charge in [-0.25, -0.2) is 0 Å². The topological polar surface area (TPSA) is 23.5 Å². The van der Waals surface area contributed by atoms with Crippen LogP contribution in [0.15, 0.2) is 0 Å². The summed E-state index contributed by atoms with van der Waals surface area (Å²) in [6.45, 7) is 6.66. The van der Waals surface area contributed by atoms with Gasteiger partial charge in [0.15, 0.2) is 0 Å². The van der Waals surface area contributed by atoms with E-state index in [0.717, 1.165) is 25.7 Å². The number of hydrogen-bond donors (Lipinski definition) is 1. The van der Waals surface area contributed by atoms with Crippen molar-refractivity contribution < 1.29 is 5.11 Å². The molecule has 0 radical (unpaired) electrons. The fourth-order valence-electron chi connectivity index (χ4n) is 2.72. The molecule has 1 N–H and O–H groups in total. The monoisotopic (exact) mass is 185 g/mol. The summed E-state index contributed by atoms with van der Waals surface area (Å²) in [6.07, 6.45) is 4.06. The molecule has 2 nitrogen and oxygen atoms in total. The third kappa shape index (κ3) is 1.89. The molecular formula is C11H23NO. The molecule has 0 aliphatic carbocycles. The molecule has 0 spiro atoms. The van der Waals surface area contributed by atoms with Crippen LogP contribution >= 0.6 is 0 Å². The van der Waals surface area contributed by atoms with Gasteiger partial charge in [0.25, 0.3) is 0 Å². The highest BCUT2D eigenvalue weighted by molar-refractivity contribution is 4.96. The second-order valence-corrected chi connectivity index (χ2v) is 4.49. The fraction of sp³-hybridized carbons (Fsp3) is 1.00. The summed E-state index contributed by atoms with van der Waals surface area (Å²) in [5, 5.41) is 9.77. The lowest BCUT2D eigenvalue weighted by atomic mass is 9.79. The molecule has 1 rings (SSSR count). The van der Waals surface area contributed by atoms with Crippen molar-refractivity contribution in [3.8, 4) is 0 Å². The molecule has 0 amide bonds. The maximum absolute atomic E-state index is 9.77. The number of piperidine rings is 1. The van der Waals surface area contributed by atoms with E-state index < -0.39 is 0 Å². The van der Waals surface area contributed by atoms with Crippen LogP contribution in [0.2, 0.25) is 0 Å². The maximum atomic E-state index is 9.77. The molecule has 1 saturated heterocycles. The van der Waals surface area contributed by atoms with E-state index in [1.807, 2.05) is 0 Å². The van der Waals surface area contributed by atoms with Gasteiger partial charge in [0.2, 0.25) is 0 Å². The highest BCUT2D eigenvalue weighted by Crippen LogP contribution is 2.35. The van der Waals surface area contributed by atoms with E-state index in [0.29, 0.717) is 6.04 Å². The second kappa shape index (κ2) is 3.97. The summed E-state index contributed by atoms with van der Waals surface area (Å²) < 4.78 is 0. The van der Waals surface area contributed by atoms with Gasteiger partial charge < -0.3 is 5.11 Å². The zero-order valence-electron chi connectivity index (χ0n) is 9.38. The van der Waals surface area contributed by atoms with Crippen molar-refractivity contribution in [3.05, 3.63) is 0 Å². The molecule has 0 aromatic rings. The normalized spacial score (nSPS) is 34.8. The molecule has 2 unspecified atom stereocenters. The first kappa shape index (κ1) is 11.0. The van der Waals surface area contributed by atoms with Crippen molar-refractivity contribution in [2.75, 3.05) is 7.05 Å². The Morgan fingerprint density at radius 3 is 2.38 bits per heavy atom. The van der Waals surface area contributed by atoms with Gasteiger partial charge in [-0.15, -0.1) is 0 Å². The van der Waals surface area contributed by atoms with Gasteiger partial charge >= 0.3 is 0 Å². The highest BCUT2D eigenvalue weighted by Gasteiger charge is 2.40. The Morgan fingerprint density at radius 2 is 1.92 bits per heavy atom. The van der Waals surface area contributed by atoms with Crippen LogP contribution in [0.1, 0.15) is 46.5 Å². The molecule has 2 atom stereocenters. The van der Waals surface area contributed by atoms with E-state index in [9.17, 15) is 5.11 Å². The molecular weight excluding hydrogens is 162 g/mol. The van der Waals surface area contributed by atoms with Crippen LogP contribution in [0.5, 0.6) is 0 Å². The smallest absolute Gasteiger partial charge is 0.0572 e. The lowest BCUT2D eigenvalue weighted by Crippen LogP contribution is -2.56. The van der Waals surface area contributed by atoms with Gasteiger partial charge in [-0.2, -0.15) is 0 Å². The first-order valence-electron chi connectivity index (χ1n) is 5.46. The van der Waals surface area contributed by atoms with Crippen LogP contribution < -0.4 is 0 Å². The third-order valence-corrected chi connectivity index (χ3v) is 3.95.